The molecule has 0 aromatic heterocycles. The van der Waals surface area contributed by atoms with Gasteiger partial charge in [-0.3, -0.25) is 9.69 Å². The molecule has 0 aliphatic carbocycles. The molecule has 114 valence electrons. The van der Waals surface area contributed by atoms with Crippen LogP contribution in [-0.2, 0) is 0 Å². The van der Waals surface area contributed by atoms with Crippen LogP contribution in [0, 0.1) is 6.92 Å². The molecule has 21 heavy (non-hydrogen) atoms. The van der Waals surface area contributed by atoms with Gasteiger partial charge in [0.05, 0.1) is 5.56 Å². The van der Waals surface area contributed by atoms with E-state index in [1.165, 1.54) is 0 Å². The highest BCUT2D eigenvalue weighted by Gasteiger charge is 2.29. The first-order chi connectivity index (χ1) is 10.1. The molecule has 0 radical (unpaired) electrons. The number of hydrogen-bond acceptors (Lipinski definition) is 4. The van der Waals surface area contributed by atoms with Crippen molar-refractivity contribution in [3.05, 3.63) is 23.3 Å². The number of amides is 1. The van der Waals surface area contributed by atoms with Gasteiger partial charge in [-0.2, -0.15) is 0 Å². The molecule has 2 heterocycles. The first kappa shape index (κ1) is 14.2. The molecule has 0 unspecified atom stereocenters. The predicted molar refractivity (Wildman–Crippen MR) is 79.9 cm³/mol. The van der Waals surface area contributed by atoms with E-state index in [1.54, 1.807) is 0 Å². The quantitative estimate of drug-likeness (QED) is 0.834. The van der Waals surface area contributed by atoms with Crippen molar-refractivity contribution in [1.29, 1.82) is 0 Å². The maximum absolute atomic E-state index is 12.7. The maximum Gasteiger partial charge on any atom is 0.257 e. The van der Waals surface area contributed by atoms with Crippen molar-refractivity contribution in [1.82, 2.24) is 9.80 Å². The lowest BCUT2D eigenvalue weighted by Gasteiger charge is -2.37. The largest absolute Gasteiger partial charge is 0.453 e. The van der Waals surface area contributed by atoms with E-state index < -0.39 is 0 Å². The zero-order chi connectivity index (χ0) is 15.0. The van der Waals surface area contributed by atoms with Crippen molar-refractivity contribution in [3.8, 4) is 11.5 Å². The molecule has 2 aliphatic rings. The Balaban J connectivity index is 1.77. The van der Waals surface area contributed by atoms with Gasteiger partial charge >= 0.3 is 0 Å². The Kier molecular flexibility index (Phi) is 3.76. The fourth-order valence-corrected chi connectivity index (χ4v) is 2.91. The summed E-state index contributed by atoms with van der Waals surface area (Å²) >= 11 is 0. The van der Waals surface area contributed by atoms with Gasteiger partial charge in [0.25, 0.3) is 5.91 Å². The number of piperazine rings is 1. The maximum atomic E-state index is 12.7. The highest BCUT2D eigenvalue weighted by molar-refractivity contribution is 5.98. The van der Waals surface area contributed by atoms with Gasteiger partial charge in [0.1, 0.15) is 0 Å². The zero-order valence-electron chi connectivity index (χ0n) is 12.9. The molecule has 1 saturated heterocycles. The van der Waals surface area contributed by atoms with Crippen LogP contribution in [0.25, 0.3) is 0 Å². The number of nitrogens with zero attached hydrogens (tertiary/aromatic N) is 2. The molecule has 2 aliphatic heterocycles. The second kappa shape index (κ2) is 5.56. The van der Waals surface area contributed by atoms with E-state index in [2.05, 4.69) is 18.7 Å². The lowest BCUT2D eigenvalue weighted by atomic mass is 10.1. The van der Waals surface area contributed by atoms with Gasteiger partial charge in [-0.25, -0.2) is 0 Å². The lowest BCUT2D eigenvalue weighted by molar-refractivity contribution is 0.0591. The summed E-state index contributed by atoms with van der Waals surface area (Å²) in [6.07, 6.45) is 0. The fraction of sp³-hybridized carbons (Fsp3) is 0.562. The molecule has 3 rings (SSSR count). The number of fused-ring (bicyclic) bond motifs is 1. The van der Waals surface area contributed by atoms with Crippen LogP contribution in [0.1, 0.15) is 29.8 Å². The lowest BCUT2D eigenvalue weighted by Crippen LogP contribution is -2.50. The molecule has 0 atom stereocenters. The van der Waals surface area contributed by atoms with Crippen LogP contribution in [0.4, 0.5) is 0 Å². The Morgan fingerprint density at radius 1 is 1.10 bits per heavy atom. The highest BCUT2D eigenvalue weighted by Crippen LogP contribution is 2.39. The van der Waals surface area contributed by atoms with Crippen molar-refractivity contribution in [3.63, 3.8) is 0 Å². The van der Waals surface area contributed by atoms with Crippen molar-refractivity contribution in [2.45, 2.75) is 26.8 Å². The molecule has 5 heteroatoms. The van der Waals surface area contributed by atoms with Crippen molar-refractivity contribution < 1.29 is 14.3 Å². The van der Waals surface area contributed by atoms with Crippen LogP contribution in [-0.4, -0.2) is 54.7 Å². The minimum absolute atomic E-state index is 0.0418. The first-order valence-corrected chi connectivity index (χ1v) is 7.50. The molecule has 1 fully saturated rings. The second-order valence-corrected chi connectivity index (χ2v) is 5.92. The third-order valence-electron chi connectivity index (χ3n) is 4.28. The van der Waals surface area contributed by atoms with E-state index in [9.17, 15) is 4.79 Å². The Morgan fingerprint density at radius 2 is 1.76 bits per heavy atom. The second-order valence-electron chi connectivity index (χ2n) is 5.92. The summed E-state index contributed by atoms with van der Waals surface area (Å²) in [5.41, 5.74) is 1.62. The molecule has 0 bridgehead atoms. The SMILES string of the molecule is Cc1ccc(C(=O)N2CCN(C(C)C)CC2)c2c1OCO2. The Hall–Kier alpha value is -1.75. The summed E-state index contributed by atoms with van der Waals surface area (Å²) in [7, 11) is 0. The van der Waals surface area contributed by atoms with Gasteiger partial charge in [-0.1, -0.05) is 6.07 Å². The molecule has 0 saturated carbocycles. The third-order valence-corrected chi connectivity index (χ3v) is 4.28. The van der Waals surface area contributed by atoms with Gasteiger partial charge in [0.15, 0.2) is 11.5 Å². The average Bonchev–Trinajstić information content (AvgIpc) is 2.97. The smallest absolute Gasteiger partial charge is 0.257 e. The molecule has 1 aromatic carbocycles. The zero-order valence-corrected chi connectivity index (χ0v) is 12.9. The monoisotopic (exact) mass is 290 g/mol. The third kappa shape index (κ3) is 2.58. The molecule has 1 amide bonds. The van der Waals surface area contributed by atoms with E-state index in [-0.39, 0.29) is 12.7 Å². The summed E-state index contributed by atoms with van der Waals surface area (Å²) in [5, 5.41) is 0. The number of benzene rings is 1. The number of ether oxygens (including phenoxy) is 2. The van der Waals surface area contributed by atoms with E-state index in [1.807, 2.05) is 24.0 Å². The Labute approximate surface area is 125 Å². The van der Waals surface area contributed by atoms with Gasteiger partial charge in [0.2, 0.25) is 6.79 Å². The fourth-order valence-electron chi connectivity index (χ4n) is 2.91. The van der Waals surface area contributed by atoms with Crippen molar-refractivity contribution in [2.24, 2.45) is 0 Å². The number of carbonyl (C=O) groups excluding carboxylic acids is 1. The summed E-state index contributed by atoms with van der Waals surface area (Å²) in [4.78, 5) is 17.0. The van der Waals surface area contributed by atoms with Crippen LogP contribution < -0.4 is 9.47 Å². The van der Waals surface area contributed by atoms with Crippen LogP contribution in [0.5, 0.6) is 11.5 Å². The summed E-state index contributed by atoms with van der Waals surface area (Å²) in [5.74, 6) is 1.35. The van der Waals surface area contributed by atoms with Crippen LogP contribution in [0.3, 0.4) is 0 Å². The van der Waals surface area contributed by atoms with Crippen LogP contribution in [0.2, 0.25) is 0 Å². The number of aryl methyl sites for hydroxylation is 1. The van der Waals surface area contributed by atoms with Gasteiger partial charge in [-0.15, -0.1) is 0 Å². The van der Waals surface area contributed by atoms with Gasteiger partial charge in [-0.05, 0) is 32.4 Å². The molecule has 5 nitrogen and oxygen atoms in total. The van der Waals surface area contributed by atoms with E-state index in [0.29, 0.717) is 23.1 Å². The minimum atomic E-state index is 0.0418. The van der Waals surface area contributed by atoms with Crippen LogP contribution in [0.15, 0.2) is 12.1 Å². The highest BCUT2D eigenvalue weighted by atomic mass is 16.7. The summed E-state index contributed by atoms with van der Waals surface area (Å²) in [6.45, 7) is 9.92. The van der Waals surface area contributed by atoms with Crippen molar-refractivity contribution >= 4 is 5.91 Å². The molecular formula is C16H22N2O3. The standard InChI is InChI=1S/C16H22N2O3/c1-11(2)17-6-8-18(9-7-17)16(19)13-5-4-12(3)14-15(13)21-10-20-14/h4-5,11H,6-10H2,1-3H3. The normalized spacial score (nSPS) is 18.4. The van der Waals surface area contributed by atoms with Crippen LogP contribution >= 0.6 is 0 Å². The summed E-state index contributed by atoms with van der Waals surface area (Å²) in [6, 6.07) is 4.30. The number of carbonyl (C=O) groups is 1. The van der Waals surface area contributed by atoms with Gasteiger partial charge < -0.3 is 14.4 Å². The molecular weight excluding hydrogens is 268 g/mol. The van der Waals surface area contributed by atoms with Gasteiger partial charge in [0, 0.05) is 32.2 Å². The van der Waals surface area contributed by atoms with E-state index >= 15 is 0 Å². The molecule has 0 N–H and O–H groups in total. The van der Waals surface area contributed by atoms with Crippen molar-refractivity contribution in [2.75, 3.05) is 33.0 Å². The number of hydrogen-bond donors (Lipinski definition) is 0. The number of rotatable bonds is 2. The Bertz CT molecular complexity index is 549. The first-order valence-electron chi connectivity index (χ1n) is 7.50. The molecule has 0 spiro atoms. The summed E-state index contributed by atoms with van der Waals surface area (Å²) < 4.78 is 11.0. The van der Waals surface area contributed by atoms with E-state index in [4.69, 9.17) is 9.47 Å². The topological polar surface area (TPSA) is 42.0 Å². The average molecular weight is 290 g/mol. The van der Waals surface area contributed by atoms with E-state index in [0.717, 1.165) is 31.7 Å². The Morgan fingerprint density at radius 3 is 2.43 bits per heavy atom. The molecule has 1 aromatic rings. The predicted octanol–water partition coefficient (Wildman–Crippen LogP) is 1.89. The minimum Gasteiger partial charge on any atom is -0.453 e.